The molecule has 1 atom stereocenters. The molecular weight excluding hydrogens is 272 g/mol. The molecule has 7 nitrogen and oxygen atoms in total. The average molecular weight is 288 g/mol. The highest BCUT2D eigenvalue weighted by Gasteiger charge is 2.13. The molecule has 0 aromatic carbocycles. The molecule has 0 saturated carbocycles. The molecule has 0 aliphatic rings. The Morgan fingerprint density at radius 3 is 2.90 bits per heavy atom. The number of carbonyl (C=O) groups excluding carboxylic acids is 1. The Labute approximate surface area is 121 Å². The summed E-state index contributed by atoms with van der Waals surface area (Å²) in [7, 11) is 0. The van der Waals surface area contributed by atoms with Crippen LogP contribution in [-0.2, 0) is 4.79 Å². The minimum atomic E-state index is -0.880. The van der Waals surface area contributed by atoms with Crippen LogP contribution in [0.15, 0.2) is 36.8 Å². The van der Waals surface area contributed by atoms with Gasteiger partial charge in [0.2, 0.25) is 0 Å². The number of aliphatic carboxylic acids is 1. The molecule has 0 spiro atoms. The van der Waals surface area contributed by atoms with Crippen LogP contribution >= 0.6 is 0 Å². The lowest BCUT2D eigenvalue weighted by Gasteiger charge is -2.12. The summed E-state index contributed by atoms with van der Waals surface area (Å²) in [6, 6.07) is 4.93. The Kier molecular flexibility index (Phi) is 4.65. The molecule has 21 heavy (non-hydrogen) atoms. The molecule has 7 heteroatoms. The Balaban J connectivity index is 2.03. The maximum absolute atomic E-state index is 12.1. The van der Waals surface area contributed by atoms with Gasteiger partial charge in [-0.15, -0.1) is 0 Å². The molecule has 1 unspecified atom stereocenters. The van der Waals surface area contributed by atoms with Gasteiger partial charge in [-0.25, -0.2) is 4.68 Å². The first-order valence-corrected chi connectivity index (χ1v) is 6.55. The van der Waals surface area contributed by atoms with Crippen LogP contribution in [-0.4, -0.2) is 37.8 Å². The molecule has 2 aromatic rings. The smallest absolute Gasteiger partial charge is 0.303 e. The summed E-state index contributed by atoms with van der Waals surface area (Å²) in [6.45, 7) is 1.76. The molecule has 0 aliphatic heterocycles. The highest BCUT2D eigenvalue weighted by Crippen LogP contribution is 2.07. The molecule has 0 radical (unpaired) electrons. The summed E-state index contributed by atoms with van der Waals surface area (Å²) in [5.74, 6) is -1.21. The molecule has 2 N–H and O–H groups in total. The van der Waals surface area contributed by atoms with Crippen LogP contribution in [0.25, 0.3) is 5.69 Å². The molecule has 0 bridgehead atoms. The summed E-state index contributed by atoms with van der Waals surface area (Å²) in [6.07, 6.45) is 5.34. The van der Waals surface area contributed by atoms with Crippen LogP contribution in [0.5, 0.6) is 0 Å². The predicted octanol–water partition coefficient (Wildman–Crippen LogP) is 1.25. The van der Waals surface area contributed by atoms with Gasteiger partial charge in [0.15, 0.2) is 0 Å². The third kappa shape index (κ3) is 4.13. The van der Waals surface area contributed by atoms with Crippen LogP contribution in [0.2, 0.25) is 0 Å². The highest BCUT2D eigenvalue weighted by atomic mass is 16.4. The van der Waals surface area contributed by atoms with Crippen molar-refractivity contribution in [2.75, 3.05) is 0 Å². The summed E-state index contributed by atoms with van der Waals surface area (Å²) < 4.78 is 1.63. The van der Waals surface area contributed by atoms with E-state index in [1.165, 1.54) is 6.20 Å². The van der Waals surface area contributed by atoms with Gasteiger partial charge in [0.1, 0.15) is 5.69 Å². The normalized spacial score (nSPS) is 11.9. The van der Waals surface area contributed by atoms with E-state index in [9.17, 15) is 9.59 Å². The maximum Gasteiger partial charge on any atom is 0.303 e. The van der Waals surface area contributed by atoms with Crippen LogP contribution in [0.1, 0.15) is 30.3 Å². The second-order valence-corrected chi connectivity index (χ2v) is 4.66. The number of hydrogen-bond donors (Lipinski definition) is 2. The molecule has 0 fully saturated rings. The number of carboxylic acids is 1. The van der Waals surface area contributed by atoms with E-state index >= 15 is 0 Å². The first-order chi connectivity index (χ1) is 10.1. The summed E-state index contributed by atoms with van der Waals surface area (Å²) in [4.78, 5) is 26.6. The maximum atomic E-state index is 12.1. The van der Waals surface area contributed by atoms with E-state index in [4.69, 9.17) is 5.11 Å². The van der Waals surface area contributed by atoms with E-state index in [2.05, 4.69) is 15.4 Å². The third-order valence-corrected chi connectivity index (χ3v) is 2.91. The first kappa shape index (κ1) is 14.7. The Bertz CT molecular complexity index is 625. The molecule has 1 amide bonds. The third-order valence-electron chi connectivity index (χ3n) is 2.91. The zero-order valence-electron chi connectivity index (χ0n) is 11.6. The van der Waals surface area contributed by atoms with E-state index in [-0.39, 0.29) is 24.1 Å². The van der Waals surface area contributed by atoms with Crippen molar-refractivity contribution in [3.63, 3.8) is 0 Å². The number of carboxylic acid groups (broad SMARTS) is 1. The Morgan fingerprint density at radius 2 is 2.24 bits per heavy atom. The SMILES string of the molecule is CC(CCC(=O)O)NC(=O)c1cc(-n2cccn2)ccn1. The van der Waals surface area contributed by atoms with Crippen molar-refractivity contribution in [1.82, 2.24) is 20.1 Å². The van der Waals surface area contributed by atoms with E-state index in [0.29, 0.717) is 6.42 Å². The minimum absolute atomic E-state index is 0.0161. The lowest BCUT2D eigenvalue weighted by atomic mass is 10.2. The number of carbonyl (C=O) groups is 2. The minimum Gasteiger partial charge on any atom is -0.481 e. The van der Waals surface area contributed by atoms with Crippen LogP contribution in [0, 0.1) is 0 Å². The lowest BCUT2D eigenvalue weighted by molar-refractivity contribution is -0.137. The molecular formula is C14H16N4O3. The molecule has 0 saturated heterocycles. The van der Waals surface area contributed by atoms with Gasteiger partial charge in [-0.2, -0.15) is 5.10 Å². The molecule has 2 aromatic heterocycles. The van der Waals surface area contributed by atoms with Crippen LogP contribution < -0.4 is 5.32 Å². The monoisotopic (exact) mass is 288 g/mol. The standard InChI is InChI=1S/C14H16N4O3/c1-10(3-4-13(19)20)17-14(21)12-9-11(5-7-15-12)18-8-2-6-16-18/h2,5-10H,3-4H2,1H3,(H,17,21)(H,19,20). The molecule has 2 rings (SSSR count). The highest BCUT2D eigenvalue weighted by molar-refractivity contribution is 5.92. The Morgan fingerprint density at radius 1 is 1.43 bits per heavy atom. The second-order valence-electron chi connectivity index (χ2n) is 4.66. The second kappa shape index (κ2) is 6.65. The van der Waals surface area contributed by atoms with Crippen molar-refractivity contribution in [3.8, 4) is 5.69 Å². The fraction of sp³-hybridized carbons (Fsp3) is 0.286. The van der Waals surface area contributed by atoms with Gasteiger partial charge < -0.3 is 10.4 Å². The average Bonchev–Trinajstić information content (AvgIpc) is 2.99. The van der Waals surface area contributed by atoms with E-state index in [1.54, 1.807) is 42.2 Å². The van der Waals surface area contributed by atoms with Gasteiger partial charge in [0, 0.05) is 31.1 Å². The van der Waals surface area contributed by atoms with Gasteiger partial charge >= 0.3 is 5.97 Å². The van der Waals surface area contributed by atoms with Crippen LogP contribution in [0.4, 0.5) is 0 Å². The number of nitrogens with zero attached hydrogens (tertiary/aromatic N) is 3. The largest absolute Gasteiger partial charge is 0.481 e. The van der Waals surface area contributed by atoms with Crippen molar-refractivity contribution in [1.29, 1.82) is 0 Å². The zero-order valence-corrected chi connectivity index (χ0v) is 11.6. The number of hydrogen-bond acceptors (Lipinski definition) is 4. The topological polar surface area (TPSA) is 97.1 Å². The number of rotatable bonds is 6. The van der Waals surface area contributed by atoms with E-state index in [0.717, 1.165) is 5.69 Å². The van der Waals surface area contributed by atoms with Crippen molar-refractivity contribution in [2.45, 2.75) is 25.8 Å². The summed E-state index contributed by atoms with van der Waals surface area (Å²) >= 11 is 0. The quantitative estimate of drug-likeness (QED) is 0.833. The first-order valence-electron chi connectivity index (χ1n) is 6.55. The van der Waals surface area contributed by atoms with Gasteiger partial charge in [0.25, 0.3) is 5.91 Å². The van der Waals surface area contributed by atoms with Gasteiger partial charge in [0.05, 0.1) is 5.69 Å². The van der Waals surface area contributed by atoms with Crippen molar-refractivity contribution < 1.29 is 14.7 Å². The predicted molar refractivity (Wildman–Crippen MR) is 75.2 cm³/mol. The van der Waals surface area contributed by atoms with Crippen molar-refractivity contribution in [2.24, 2.45) is 0 Å². The molecule has 2 heterocycles. The van der Waals surface area contributed by atoms with E-state index < -0.39 is 5.97 Å². The van der Waals surface area contributed by atoms with Gasteiger partial charge in [-0.05, 0) is 31.5 Å². The van der Waals surface area contributed by atoms with Crippen molar-refractivity contribution in [3.05, 3.63) is 42.5 Å². The van der Waals surface area contributed by atoms with Gasteiger partial charge in [-0.3, -0.25) is 14.6 Å². The summed E-state index contributed by atoms with van der Waals surface area (Å²) in [5.41, 5.74) is 1.00. The number of amides is 1. The Hall–Kier alpha value is -2.70. The fourth-order valence-corrected chi connectivity index (χ4v) is 1.82. The van der Waals surface area contributed by atoms with E-state index in [1.807, 2.05) is 0 Å². The molecule has 0 aliphatic carbocycles. The lowest BCUT2D eigenvalue weighted by Crippen LogP contribution is -2.33. The number of nitrogens with one attached hydrogen (secondary N) is 1. The van der Waals surface area contributed by atoms with Crippen LogP contribution in [0.3, 0.4) is 0 Å². The number of pyridine rings is 1. The zero-order chi connectivity index (χ0) is 15.2. The summed E-state index contributed by atoms with van der Waals surface area (Å²) in [5, 5.41) is 15.4. The number of aromatic nitrogens is 3. The fourth-order valence-electron chi connectivity index (χ4n) is 1.82. The van der Waals surface area contributed by atoms with Crippen molar-refractivity contribution >= 4 is 11.9 Å². The van der Waals surface area contributed by atoms with Gasteiger partial charge in [-0.1, -0.05) is 0 Å². The molecule has 110 valence electrons.